The van der Waals surface area contributed by atoms with E-state index < -0.39 is 19.6 Å². The van der Waals surface area contributed by atoms with Gasteiger partial charge in [-0.25, -0.2) is 4.79 Å². The van der Waals surface area contributed by atoms with Gasteiger partial charge in [0.1, 0.15) is 6.04 Å². The summed E-state index contributed by atoms with van der Waals surface area (Å²) in [5.41, 5.74) is 1.82. The Labute approximate surface area is 117 Å². The first-order valence-electron chi connectivity index (χ1n) is 6.49. The van der Waals surface area contributed by atoms with Crippen LogP contribution in [0.15, 0.2) is 24.3 Å². The van der Waals surface area contributed by atoms with Gasteiger partial charge in [-0.2, -0.15) is 0 Å². The summed E-state index contributed by atoms with van der Waals surface area (Å²) < 4.78 is 10.9. The normalized spacial score (nSPS) is 21.9. The molecule has 0 spiro atoms. The molecule has 2 rings (SSSR count). The van der Waals surface area contributed by atoms with Gasteiger partial charge in [0.25, 0.3) is 0 Å². The van der Waals surface area contributed by atoms with Crippen molar-refractivity contribution in [3.63, 3.8) is 0 Å². The van der Waals surface area contributed by atoms with Crippen LogP contribution in [0.4, 0.5) is 5.69 Å². The Balaban J connectivity index is 2.10. The van der Waals surface area contributed by atoms with E-state index in [2.05, 4.69) is 5.32 Å². The number of carbonyl (C=O) groups is 1. The Kier molecular flexibility index (Phi) is 4.48. The van der Waals surface area contributed by atoms with Crippen LogP contribution in [-0.4, -0.2) is 33.1 Å². The molecule has 0 aromatic heterocycles. The summed E-state index contributed by atoms with van der Waals surface area (Å²) in [6.45, 7) is 0. The van der Waals surface area contributed by atoms with Crippen LogP contribution in [0.25, 0.3) is 0 Å². The maximum atomic E-state index is 11.2. The first-order valence-corrected chi connectivity index (χ1v) is 8.29. The van der Waals surface area contributed by atoms with E-state index in [1.54, 1.807) is 0 Å². The number of carboxylic acid groups (broad SMARTS) is 1. The van der Waals surface area contributed by atoms with Gasteiger partial charge in [-0.05, 0) is 36.8 Å². The minimum Gasteiger partial charge on any atom is -0.480 e. The molecule has 0 amide bonds. The third-order valence-electron chi connectivity index (χ3n) is 3.55. The third-order valence-corrected chi connectivity index (χ3v) is 4.45. The van der Waals surface area contributed by atoms with Crippen molar-refractivity contribution in [1.29, 1.82) is 0 Å². The van der Waals surface area contributed by atoms with Crippen LogP contribution in [0.1, 0.15) is 30.7 Å². The number of carboxylic acids is 1. The predicted molar refractivity (Wildman–Crippen MR) is 75.0 cm³/mol. The van der Waals surface area contributed by atoms with Gasteiger partial charge in [-0.1, -0.05) is 18.2 Å². The molecule has 0 fully saturated rings. The highest BCUT2D eigenvalue weighted by Crippen LogP contribution is 2.40. The van der Waals surface area contributed by atoms with Crippen molar-refractivity contribution in [2.75, 3.05) is 11.5 Å². The molecule has 1 aliphatic rings. The second kappa shape index (κ2) is 5.95. The fourth-order valence-corrected chi connectivity index (χ4v) is 3.22. The molecule has 1 aromatic rings. The molecule has 4 N–H and O–H groups in total. The maximum absolute atomic E-state index is 11.2. The average molecular weight is 299 g/mol. The summed E-state index contributed by atoms with van der Waals surface area (Å²) in [6, 6.07) is 6.84. The van der Waals surface area contributed by atoms with Gasteiger partial charge in [0.15, 0.2) is 0 Å². The number of aliphatic carboxylic acids is 1. The lowest BCUT2D eigenvalue weighted by Gasteiger charge is -2.31. The number of para-hydroxylation sites is 1. The van der Waals surface area contributed by atoms with Crippen LogP contribution in [0.3, 0.4) is 0 Å². The van der Waals surface area contributed by atoms with Crippen LogP contribution < -0.4 is 5.32 Å². The molecule has 0 saturated carbocycles. The number of anilines is 1. The molecule has 110 valence electrons. The lowest BCUT2D eigenvalue weighted by Crippen LogP contribution is -2.35. The topological polar surface area (TPSA) is 107 Å². The quantitative estimate of drug-likeness (QED) is 0.619. The average Bonchev–Trinajstić information content (AvgIpc) is 2.36. The van der Waals surface area contributed by atoms with Gasteiger partial charge in [-0.3, -0.25) is 4.57 Å². The molecule has 0 bridgehead atoms. The van der Waals surface area contributed by atoms with Crippen LogP contribution in [0.2, 0.25) is 0 Å². The molecule has 1 aromatic carbocycles. The highest BCUT2D eigenvalue weighted by molar-refractivity contribution is 7.51. The van der Waals surface area contributed by atoms with E-state index in [1.165, 1.54) is 0 Å². The van der Waals surface area contributed by atoms with E-state index in [1.807, 2.05) is 24.3 Å². The van der Waals surface area contributed by atoms with Crippen LogP contribution in [0.5, 0.6) is 0 Å². The summed E-state index contributed by atoms with van der Waals surface area (Å²) in [7, 11) is -3.98. The lowest BCUT2D eigenvalue weighted by atomic mass is 9.84. The summed E-state index contributed by atoms with van der Waals surface area (Å²) in [5.74, 6) is -0.889. The van der Waals surface area contributed by atoms with E-state index in [4.69, 9.17) is 14.9 Å². The molecular weight excluding hydrogens is 281 g/mol. The number of rotatable bonds is 5. The van der Waals surface area contributed by atoms with Gasteiger partial charge < -0.3 is 20.2 Å². The number of hydrogen-bond acceptors (Lipinski definition) is 3. The molecule has 7 heteroatoms. The van der Waals surface area contributed by atoms with Crippen molar-refractivity contribution < 1.29 is 24.3 Å². The number of benzene rings is 1. The van der Waals surface area contributed by atoms with Crippen molar-refractivity contribution in [3.05, 3.63) is 29.8 Å². The van der Waals surface area contributed by atoms with Gasteiger partial charge in [0.2, 0.25) is 0 Å². The summed E-state index contributed by atoms with van der Waals surface area (Å²) in [6.07, 6.45) is 1.24. The Morgan fingerprint density at radius 1 is 1.35 bits per heavy atom. The van der Waals surface area contributed by atoms with Gasteiger partial charge in [-0.15, -0.1) is 0 Å². The second-order valence-electron chi connectivity index (χ2n) is 5.09. The molecule has 6 nitrogen and oxygen atoms in total. The Hall–Kier alpha value is -1.36. The summed E-state index contributed by atoms with van der Waals surface area (Å²) in [5, 5.41) is 12.1. The van der Waals surface area contributed by atoms with Crippen molar-refractivity contribution in [2.24, 2.45) is 0 Å². The lowest BCUT2D eigenvalue weighted by molar-refractivity contribution is -0.138. The maximum Gasteiger partial charge on any atom is 0.326 e. The minimum absolute atomic E-state index is 0.0140. The fourth-order valence-electron chi connectivity index (χ4n) is 2.62. The van der Waals surface area contributed by atoms with E-state index in [0.717, 1.165) is 11.3 Å². The fraction of sp³-hybridized carbons (Fsp3) is 0.462. The Bertz CT molecular complexity index is 541. The zero-order valence-corrected chi connectivity index (χ0v) is 11.8. The smallest absolute Gasteiger partial charge is 0.326 e. The summed E-state index contributed by atoms with van der Waals surface area (Å²) in [4.78, 5) is 28.9. The van der Waals surface area contributed by atoms with Crippen molar-refractivity contribution in [1.82, 2.24) is 0 Å². The monoisotopic (exact) mass is 299 g/mol. The first kappa shape index (κ1) is 15.0. The zero-order valence-electron chi connectivity index (χ0n) is 10.9. The SMILES string of the molecule is O=C(O)[C@H]1C[C@@H](CCCP(=O)(O)O)c2ccccc2N1. The Morgan fingerprint density at radius 3 is 2.70 bits per heavy atom. The van der Waals surface area contributed by atoms with Gasteiger partial charge in [0.05, 0.1) is 0 Å². The third kappa shape index (κ3) is 3.82. The van der Waals surface area contributed by atoms with Crippen molar-refractivity contribution in [2.45, 2.75) is 31.2 Å². The van der Waals surface area contributed by atoms with E-state index in [9.17, 15) is 9.36 Å². The van der Waals surface area contributed by atoms with Crippen LogP contribution in [-0.2, 0) is 9.36 Å². The second-order valence-corrected chi connectivity index (χ2v) is 6.86. The van der Waals surface area contributed by atoms with Crippen LogP contribution >= 0.6 is 7.60 Å². The highest BCUT2D eigenvalue weighted by atomic mass is 31.2. The first-order chi connectivity index (χ1) is 9.37. The number of fused-ring (bicyclic) bond motifs is 1. The molecule has 0 aliphatic carbocycles. The largest absolute Gasteiger partial charge is 0.480 e. The van der Waals surface area contributed by atoms with Crippen molar-refractivity contribution in [3.8, 4) is 0 Å². The predicted octanol–water partition coefficient (Wildman–Crippen LogP) is 2.00. The van der Waals surface area contributed by atoms with E-state index in [-0.39, 0.29) is 12.1 Å². The van der Waals surface area contributed by atoms with E-state index >= 15 is 0 Å². The highest BCUT2D eigenvalue weighted by Gasteiger charge is 2.30. The van der Waals surface area contributed by atoms with Gasteiger partial charge in [0, 0.05) is 11.8 Å². The molecule has 20 heavy (non-hydrogen) atoms. The summed E-state index contributed by atoms with van der Waals surface area (Å²) >= 11 is 0. The molecule has 0 radical (unpaired) electrons. The van der Waals surface area contributed by atoms with E-state index in [0.29, 0.717) is 19.3 Å². The molecule has 0 unspecified atom stereocenters. The van der Waals surface area contributed by atoms with Gasteiger partial charge >= 0.3 is 13.6 Å². The molecule has 2 atom stereocenters. The number of hydrogen-bond donors (Lipinski definition) is 4. The number of nitrogens with one attached hydrogen (secondary N) is 1. The Morgan fingerprint density at radius 2 is 2.05 bits per heavy atom. The molecule has 1 heterocycles. The molecule has 0 saturated heterocycles. The molecule has 1 aliphatic heterocycles. The zero-order chi connectivity index (χ0) is 14.8. The van der Waals surface area contributed by atoms with Crippen molar-refractivity contribution >= 4 is 19.3 Å². The van der Waals surface area contributed by atoms with Crippen LogP contribution in [0, 0.1) is 0 Å². The standard InChI is InChI=1S/C13H18NO5P/c15-13(16)12-8-9(4-3-7-20(17,18)19)10-5-1-2-6-11(10)14-12/h1-2,5-6,9,12,14H,3-4,7-8H2,(H,15,16)(H2,17,18,19)/t9-,12-/m1/s1. The molecular formula is C13H18NO5P. The minimum atomic E-state index is -3.98.